The molecule has 0 saturated carbocycles. The van der Waals surface area contributed by atoms with Crippen molar-refractivity contribution in [3.8, 4) is 0 Å². The number of rotatable bonds is 6. The van der Waals surface area contributed by atoms with E-state index in [-0.39, 0.29) is 17.5 Å². The lowest BCUT2D eigenvalue weighted by molar-refractivity contribution is -0.123. The number of halogens is 1. The van der Waals surface area contributed by atoms with Crippen LogP contribution in [0.5, 0.6) is 0 Å². The molecule has 5 heteroatoms. The second-order valence-electron chi connectivity index (χ2n) is 6.43. The standard InChI is InChI=1S/C16H26BrN3O/c1-16(2,3)19-15(21)9-14(10-18)20(4)11-12-5-7-13(17)8-6-12/h5-8,14H,9-11,18H2,1-4H3,(H,19,21). The first-order valence-corrected chi connectivity index (χ1v) is 7.96. The molecule has 0 aliphatic rings. The Labute approximate surface area is 136 Å². The molecule has 4 nitrogen and oxygen atoms in total. The minimum absolute atomic E-state index is 0.0380. The first kappa shape index (κ1) is 18.1. The van der Waals surface area contributed by atoms with E-state index in [9.17, 15) is 4.79 Å². The molecule has 0 spiro atoms. The molecule has 1 aromatic rings. The zero-order valence-electron chi connectivity index (χ0n) is 13.3. The molecule has 3 N–H and O–H groups in total. The average Bonchev–Trinajstić information content (AvgIpc) is 2.36. The number of amides is 1. The van der Waals surface area contributed by atoms with Crippen molar-refractivity contribution in [3.63, 3.8) is 0 Å². The Bertz CT molecular complexity index is 454. The second-order valence-corrected chi connectivity index (χ2v) is 7.35. The summed E-state index contributed by atoms with van der Waals surface area (Å²) in [5.41, 5.74) is 6.83. The van der Waals surface area contributed by atoms with Gasteiger partial charge in [0, 0.05) is 35.6 Å². The van der Waals surface area contributed by atoms with Crippen molar-refractivity contribution < 1.29 is 4.79 Å². The van der Waals surface area contributed by atoms with Crippen molar-refractivity contribution in [2.75, 3.05) is 13.6 Å². The van der Waals surface area contributed by atoms with E-state index in [0.29, 0.717) is 13.0 Å². The molecular weight excluding hydrogens is 330 g/mol. The van der Waals surface area contributed by atoms with Crippen LogP contribution in [-0.4, -0.2) is 36.0 Å². The summed E-state index contributed by atoms with van der Waals surface area (Å²) in [5, 5.41) is 2.98. The summed E-state index contributed by atoms with van der Waals surface area (Å²) in [6.45, 7) is 7.18. The number of benzene rings is 1. The van der Waals surface area contributed by atoms with Crippen LogP contribution in [0.3, 0.4) is 0 Å². The van der Waals surface area contributed by atoms with Crippen LogP contribution in [0.25, 0.3) is 0 Å². The predicted octanol–water partition coefficient (Wildman–Crippen LogP) is 2.51. The highest BCUT2D eigenvalue weighted by Crippen LogP contribution is 2.13. The van der Waals surface area contributed by atoms with E-state index in [1.54, 1.807) is 0 Å². The Morgan fingerprint density at radius 3 is 2.38 bits per heavy atom. The molecule has 1 aromatic carbocycles. The van der Waals surface area contributed by atoms with Crippen LogP contribution in [0.15, 0.2) is 28.7 Å². The van der Waals surface area contributed by atoms with Crippen molar-refractivity contribution in [1.29, 1.82) is 0 Å². The molecule has 0 aromatic heterocycles. The molecule has 1 rings (SSSR count). The van der Waals surface area contributed by atoms with Gasteiger partial charge in [0.25, 0.3) is 0 Å². The summed E-state index contributed by atoms with van der Waals surface area (Å²) in [5.74, 6) is 0.0422. The van der Waals surface area contributed by atoms with Crippen LogP contribution >= 0.6 is 15.9 Å². The number of nitrogens with two attached hydrogens (primary N) is 1. The Morgan fingerprint density at radius 1 is 1.33 bits per heavy atom. The largest absolute Gasteiger partial charge is 0.351 e. The van der Waals surface area contributed by atoms with Gasteiger partial charge in [-0.3, -0.25) is 9.69 Å². The monoisotopic (exact) mass is 355 g/mol. The van der Waals surface area contributed by atoms with Crippen LogP contribution in [0.4, 0.5) is 0 Å². The number of nitrogens with one attached hydrogen (secondary N) is 1. The number of likely N-dealkylation sites (N-methyl/N-ethyl adjacent to an activating group) is 1. The molecule has 0 bridgehead atoms. The third-order valence-corrected chi connectivity index (χ3v) is 3.70. The number of hydrogen-bond acceptors (Lipinski definition) is 3. The topological polar surface area (TPSA) is 58.4 Å². The SMILES string of the molecule is CN(Cc1ccc(Br)cc1)C(CN)CC(=O)NC(C)(C)C. The van der Waals surface area contributed by atoms with Gasteiger partial charge >= 0.3 is 0 Å². The van der Waals surface area contributed by atoms with Crippen LogP contribution in [-0.2, 0) is 11.3 Å². The predicted molar refractivity (Wildman–Crippen MR) is 91.0 cm³/mol. The van der Waals surface area contributed by atoms with Gasteiger partial charge < -0.3 is 11.1 Å². The molecule has 0 aliphatic heterocycles. The highest BCUT2D eigenvalue weighted by Gasteiger charge is 2.20. The van der Waals surface area contributed by atoms with E-state index < -0.39 is 0 Å². The lowest BCUT2D eigenvalue weighted by atomic mass is 10.1. The van der Waals surface area contributed by atoms with E-state index in [2.05, 4.69) is 38.3 Å². The van der Waals surface area contributed by atoms with Crippen molar-refractivity contribution >= 4 is 21.8 Å². The maximum absolute atomic E-state index is 12.0. The number of carbonyl (C=O) groups is 1. The van der Waals surface area contributed by atoms with Gasteiger partial charge in [0.1, 0.15) is 0 Å². The van der Waals surface area contributed by atoms with E-state index in [1.807, 2.05) is 40.0 Å². The number of carbonyl (C=O) groups excluding carboxylic acids is 1. The van der Waals surface area contributed by atoms with Crippen molar-refractivity contribution in [2.45, 2.75) is 45.3 Å². The van der Waals surface area contributed by atoms with Crippen LogP contribution in [0.2, 0.25) is 0 Å². The van der Waals surface area contributed by atoms with Gasteiger partial charge in [-0.15, -0.1) is 0 Å². The van der Waals surface area contributed by atoms with Crippen molar-refractivity contribution in [1.82, 2.24) is 10.2 Å². The summed E-state index contributed by atoms with van der Waals surface area (Å²) < 4.78 is 1.06. The van der Waals surface area contributed by atoms with E-state index in [4.69, 9.17) is 5.73 Å². The molecule has 1 unspecified atom stereocenters. The van der Waals surface area contributed by atoms with Crippen molar-refractivity contribution in [3.05, 3.63) is 34.3 Å². The Kier molecular flexibility index (Phi) is 6.84. The summed E-state index contributed by atoms with van der Waals surface area (Å²) >= 11 is 3.43. The van der Waals surface area contributed by atoms with Gasteiger partial charge in [-0.25, -0.2) is 0 Å². The highest BCUT2D eigenvalue weighted by molar-refractivity contribution is 9.10. The molecule has 0 saturated heterocycles. The summed E-state index contributed by atoms with van der Waals surface area (Å²) in [6, 6.07) is 8.23. The third kappa shape index (κ3) is 7.07. The van der Waals surface area contributed by atoms with Gasteiger partial charge in [-0.1, -0.05) is 28.1 Å². The second kappa shape index (κ2) is 7.92. The first-order valence-electron chi connectivity index (χ1n) is 7.17. The first-order chi connectivity index (χ1) is 9.71. The van der Waals surface area contributed by atoms with Gasteiger partial charge in [0.15, 0.2) is 0 Å². The van der Waals surface area contributed by atoms with Gasteiger partial charge in [0.05, 0.1) is 0 Å². The maximum Gasteiger partial charge on any atom is 0.222 e. The fraction of sp³-hybridized carbons (Fsp3) is 0.562. The molecule has 0 radical (unpaired) electrons. The minimum atomic E-state index is -0.208. The summed E-state index contributed by atoms with van der Waals surface area (Å²) in [6.07, 6.45) is 0.417. The van der Waals surface area contributed by atoms with Gasteiger partial charge in [-0.05, 0) is 45.5 Å². The Morgan fingerprint density at radius 2 is 1.90 bits per heavy atom. The van der Waals surface area contributed by atoms with Crippen LogP contribution in [0, 0.1) is 0 Å². The van der Waals surface area contributed by atoms with Crippen LogP contribution < -0.4 is 11.1 Å². The molecule has 21 heavy (non-hydrogen) atoms. The third-order valence-electron chi connectivity index (χ3n) is 3.18. The molecule has 0 aliphatic carbocycles. The Balaban J connectivity index is 2.58. The minimum Gasteiger partial charge on any atom is -0.351 e. The smallest absolute Gasteiger partial charge is 0.222 e. The quantitative estimate of drug-likeness (QED) is 0.824. The molecule has 1 atom stereocenters. The Hall–Kier alpha value is -0.910. The molecular formula is C16H26BrN3O. The van der Waals surface area contributed by atoms with Crippen LogP contribution in [0.1, 0.15) is 32.8 Å². The summed E-state index contributed by atoms with van der Waals surface area (Å²) in [4.78, 5) is 14.2. The highest BCUT2D eigenvalue weighted by atomic mass is 79.9. The van der Waals surface area contributed by atoms with Crippen molar-refractivity contribution in [2.24, 2.45) is 5.73 Å². The van der Waals surface area contributed by atoms with E-state index in [0.717, 1.165) is 11.0 Å². The average molecular weight is 356 g/mol. The normalized spacial score (nSPS) is 13.3. The van der Waals surface area contributed by atoms with E-state index >= 15 is 0 Å². The van der Waals surface area contributed by atoms with E-state index in [1.165, 1.54) is 5.56 Å². The zero-order valence-corrected chi connectivity index (χ0v) is 14.9. The zero-order chi connectivity index (χ0) is 16.0. The lowest BCUT2D eigenvalue weighted by Gasteiger charge is -2.28. The van der Waals surface area contributed by atoms with Gasteiger partial charge in [-0.2, -0.15) is 0 Å². The number of nitrogens with zero attached hydrogens (tertiary/aromatic N) is 1. The molecule has 118 valence electrons. The molecule has 0 heterocycles. The fourth-order valence-corrected chi connectivity index (χ4v) is 2.37. The molecule has 0 fully saturated rings. The maximum atomic E-state index is 12.0. The lowest BCUT2D eigenvalue weighted by Crippen LogP contribution is -2.46. The molecule has 1 amide bonds. The number of hydrogen-bond donors (Lipinski definition) is 2. The van der Waals surface area contributed by atoms with Gasteiger partial charge in [0.2, 0.25) is 5.91 Å². The fourth-order valence-electron chi connectivity index (χ4n) is 2.11. The summed E-state index contributed by atoms with van der Waals surface area (Å²) in [7, 11) is 2.00.